The summed E-state index contributed by atoms with van der Waals surface area (Å²) in [6.07, 6.45) is 0. The maximum atomic E-state index is 12.9. The molecule has 0 amide bonds. The van der Waals surface area contributed by atoms with Crippen LogP contribution < -0.4 is 9.46 Å². The minimum Gasteiger partial charge on any atom is -0.497 e. The van der Waals surface area contributed by atoms with Gasteiger partial charge in [0.2, 0.25) is 10.0 Å². The minimum atomic E-state index is -3.59. The van der Waals surface area contributed by atoms with Crippen molar-refractivity contribution in [3.8, 4) is 5.75 Å². The third-order valence-corrected chi connectivity index (χ3v) is 6.47. The van der Waals surface area contributed by atoms with Crippen LogP contribution >= 0.6 is 0 Å². The van der Waals surface area contributed by atoms with Gasteiger partial charge < -0.3 is 4.74 Å². The molecule has 24 heavy (non-hydrogen) atoms. The zero-order valence-corrected chi connectivity index (χ0v) is 16.0. The van der Waals surface area contributed by atoms with E-state index in [0.29, 0.717) is 10.6 Å². The highest BCUT2D eigenvalue weighted by molar-refractivity contribution is 7.89. The standard InChI is InChI=1S/C19H25NO3S/c1-12-13(2)15(4)19(16(5)14(12)3)24(21,22)20-11-17-8-7-9-18(10-17)23-6/h7-10,20H,11H2,1-6H3. The third kappa shape index (κ3) is 3.47. The van der Waals surface area contributed by atoms with Gasteiger partial charge in [-0.15, -0.1) is 0 Å². The number of benzene rings is 2. The summed E-state index contributed by atoms with van der Waals surface area (Å²) in [4.78, 5) is 0.394. The van der Waals surface area contributed by atoms with Gasteiger partial charge >= 0.3 is 0 Å². The topological polar surface area (TPSA) is 55.4 Å². The van der Waals surface area contributed by atoms with Crippen LogP contribution in [0.4, 0.5) is 0 Å². The molecule has 5 heteroatoms. The third-order valence-electron chi connectivity index (χ3n) is 4.80. The molecule has 1 N–H and O–H groups in total. The summed E-state index contributed by atoms with van der Waals surface area (Å²) in [5, 5.41) is 0. The highest BCUT2D eigenvalue weighted by Gasteiger charge is 2.23. The van der Waals surface area contributed by atoms with Gasteiger partial charge in [0.25, 0.3) is 0 Å². The van der Waals surface area contributed by atoms with E-state index in [4.69, 9.17) is 4.74 Å². The lowest BCUT2D eigenvalue weighted by molar-refractivity contribution is 0.414. The number of sulfonamides is 1. The molecule has 0 saturated heterocycles. The van der Waals surface area contributed by atoms with E-state index in [0.717, 1.165) is 33.4 Å². The predicted molar refractivity (Wildman–Crippen MR) is 97.1 cm³/mol. The number of hydrogen-bond acceptors (Lipinski definition) is 3. The number of methoxy groups -OCH3 is 1. The van der Waals surface area contributed by atoms with Crippen molar-refractivity contribution >= 4 is 10.0 Å². The fourth-order valence-electron chi connectivity index (χ4n) is 2.90. The van der Waals surface area contributed by atoms with Gasteiger partial charge in [0.15, 0.2) is 0 Å². The molecule has 0 atom stereocenters. The first-order valence-electron chi connectivity index (χ1n) is 7.88. The Labute approximate surface area is 144 Å². The minimum absolute atomic E-state index is 0.227. The monoisotopic (exact) mass is 347 g/mol. The van der Waals surface area contributed by atoms with E-state index in [2.05, 4.69) is 4.72 Å². The molecule has 4 nitrogen and oxygen atoms in total. The van der Waals surface area contributed by atoms with Crippen LogP contribution in [0.2, 0.25) is 0 Å². The van der Waals surface area contributed by atoms with E-state index in [9.17, 15) is 8.42 Å². The molecular formula is C19H25NO3S. The van der Waals surface area contributed by atoms with Crippen LogP contribution in [0.15, 0.2) is 29.2 Å². The van der Waals surface area contributed by atoms with E-state index in [1.165, 1.54) is 0 Å². The van der Waals surface area contributed by atoms with Gasteiger partial charge in [0.05, 0.1) is 12.0 Å². The molecule has 0 aliphatic heterocycles. The molecular weight excluding hydrogens is 322 g/mol. The summed E-state index contributed by atoms with van der Waals surface area (Å²) in [6.45, 7) is 9.94. The van der Waals surface area contributed by atoms with Crippen LogP contribution in [-0.4, -0.2) is 15.5 Å². The Kier molecular flexibility index (Phi) is 5.35. The Morgan fingerprint density at radius 2 is 1.46 bits per heavy atom. The van der Waals surface area contributed by atoms with Gasteiger partial charge in [-0.2, -0.15) is 0 Å². The van der Waals surface area contributed by atoms with Crippen LogP contribution in [0.5, 0.6) is 5.75 Å². The second-order valence-electron chi connectivity index (χ2n) is 6.13. The predicted octanol–water partition coefficient (Wildman–Crippen LogP) is 3.72. The van der Waals surface area contributed by atoms with Gasteiger partial charge in [0, 0.05) is 6.54 Å². The second-order valence-corrected chi connectivity index (χ2v) is 7.83. The average molecular weight is 347 g/mol. The highest BCUT2D eigenvalue weighted by atomic mass is 32.2. The summed E-state index contributed by atoms with van der Waals surface area (Å²) in [5.74, 6) is 0.709. The molecule has 0 saturated carbocycles. The number of nitrogens with one attached hydrogen (secondary N) is 1. The van der Waals surface area contributed by atoms with Crippen molar-refractivity contribution in [1.29, 1.82) is 0 Å². The van der Waals surface area contributed by atoms with Crippen molar-refractivity contribution < 1.29 is 13.2 Å². The molecule has 2 aromatic rings. The van der Waals surface area contributed by atoms with Gasteiger partial charge in [-0.25, -0.2) is 13.1 Å². The first-order chi connectivity index (χ1) is 11.2. The summed E-state index contributed by atoms with van der Waals surface area (Å²) in [7, 11) is -2.00. The molecule has 0 aliphatic rings. The largest absolute Gasteiger partial charge is 0.497 e. The fraction of sp³-hybridized carbons (Fsp3) is 0.368. The Bertz CT molecular complexity index is 841. The summed E-state index contributed by atoms with van der Waals surface area (Å²) >= 11 is 0. The number of hydrogen-bond donors (Lipinski definition) is 1. The van der Waals surface area contributed by atoms with Crippen LogP contribution in [0.1, 0.15) is 33.4 Å². The van der Waals surface area contributed by atoms with Gasteiger partial charge in [0.1, 0.15) is 5.75 Å². The molecule has 0 fully saturated rings. The zero-order valence-electron chi connectivity index (χ0n) is 15.1. The van der Waals surface area contributed by atoms with Crippen molar-refractivity contribution in [2.24, 2.45) is 0 Å². The van der Waals surface area contributed by atoms with Crippen molar-refractivity contribution in [3.05, 3.63) is 57.6 Å². The van der Waals surface area contributed by atoms with Crippen molar-refractivity contribution in [3.63, 3.8) is 0 Å². The normalized spacial score (nSPS) is 11.6. The van der Waals surface area contributed by atoms with E-state index in [1.807, 2.05) is 58.9 Å². The molecule has 0 heterocycles. The summed E-state index contributed by atoms with van der Waals surface area (Å²) in [5.41, 5.74) is 5.69. The van der Waals surface area contributed by atoms with E-state index in [-0.39, 0.29) is 6.54 Å². The van der Waals surface area contributed by atoms with E-state index < -0.39 is 10.0 Å². The molecule has 0 radical (unpaired) electrons. The number of rotatable bonds is 5. The summed E-state index contributed by atoms with van der Waals surface area (Å²) < 4.78 is 33.6. The molecule has 130 valence electrons. The second kappa shape index (κ2) is 6.95. The van der Waals surface area contributed by atoms with Crippen molar-refractivity contribution in [2.45, 2.75) is 46.1 Å². The van der Waals surface area contributed by atoms with Gasteiger partial charge in [-0.1, -0.05) is 12.1 Å². The van der Waals surface area contributed by atoms with Crippen molar-refractivity contribution in [1.82, 2.24) is 4.72 Å². The first kappa shape index (κ1) is 18.5. The zero-order chi connectivity index (χ0) is 18.1. The maximum Gasteiger partial charge on any atom is 0.241 e. The Morgan fingerprint density at radius 3 is 2.00 bits per heavy atom. The lowest BCUT2D eigenvalue weighted by atomic mass is 9.95. The lowest BCUT2D eigenvalue weighted by Crippen LogP contribution is -2.25. The fourth-order valence-corrected chi connectivity index (χ4v) is 4.52. The smallest absolute Gasteiger partial charge is 0.241 e. The molecule has 0 unspecified atom stereocenters. The molecule has 0 spiro atoms. The van der Waals surface area contributed by atoms with Crippen LogP contribution in [0, 0.1) is 34.6 Å². The number of ether oxygens (including phenoxy) is 1. The quantitative estimate of drug-likeness (QED) is 0.897. The molecule has 0 aromatic heterocycles. The van der Waals surface area contributed by atoms with Crippen LogP contribution in [0.25, 0.3) is 0 Å². The lowest BCUT2D eigenvalue weighted by Gasteiger charge is -2.19. The Hall–Kier alpha value is -1.85. The molecule has 2 aromatic carbocycles. The first-order valence-corrected chi connectivity index (χ1v) is 9.37. The Balaban J connectivity index is 2.38. The Morgan fingerprint density at radius 1 is 0.917 bits per heavy atom. The average Bonchev–Trinajstić information content (AvgIpc) is 2.56. The summed E-state index contributed by atoms with van der Waals surface area (Å²) in [6, 6.07) is 7.38. The highest BCUT2D eigenvalue weighted by Crippen LogP contribution is 2.29. The van der Waals surface area contributed by atoms with Crippen molar-refractivity contribution in [2.75, 3.05) is 7.11 Å². The van der Waals surface area contributed by atoms with E-state index >= 15 is 0 Å². The van der Waals surface area contributed by atoms with Crippen LogP contribution in [0.3, 0.4) is 0 Å². The molecule has 2 rings (SSSR count). The van der Waals surface area contributed by atoms with Gasteiger partial charge in [-0.3, -0.25) is 0 Å². The SMILES string of the molecule is COc1cccc(CNS(=O)(=O)c2c(C)c(C)c(C)c(C)c2C)c1. The van der Waals surface area contributed by atoms with E-state index in [1.54, 1.807) is 7.11 Å². The molecule has 0 aliphatic carbocycles. The molecule has 0 bridgehead atoms. The maximum absolute atomic E-state index is 12.9. The van der Waals surface area contributed by atoms with Gasteiger partial charge in [-0.05, 0) is 80.1 Å². The van der Waals surface area contributed by atoms with Crippen LogP contribution in [-0.2, 0) is 16.6 Å².